The first-order valence-corrected chi connectivity index (χ1v) is 5.45. The molecule has 0 aliphatic rings. The third-order valence-electron chi connectivity index (χ3n) is 1.24. The van der Waals surface area contributed by atoms with Crippen LogP contribution < -0.4 is 0 Å². The van der Waals surface area contributed by atoms with Gasteiger partial charge in [-0.3, -0.25) is 0 Å². The Hall–Kier alpha value is -1.58. The lowest BCUT2D eigenvalue weighted by molar-refractivity contribution is -0.141. The molecule has 0 heterocycles. The van der Waals surface area contributed by atoms with Crippen molar-refractivity contribution in [3.05, 3.63) is 25.3 Å². The highest BCUT2D eigenvalue weighted by molar-refractivity contribution is 5.81. The lowest BCUT2D eigenvalue weighted by Gasteiger charge is -2.02. The first-order chi connectivity index (χ1) is 7.83. The topological polar surface area (TPSA) is 52.6 Å². The summed E-state index contributed by atoms with van der Waals surface area (Å²) in [6.45, 7) is 14.5. The van der Waals surface area contributed by atoms with Crippen molar-refractivity contribution in [2.24, 2.45) is 5.92 Å². The van der Waals surface area contributed by atoms with Crippen LogP contribution in [0.25, 0.3) is 0 Å². The molecule has 0 aromatic rings. The van der Waals surface area contributed by atoms with Gasteiger partial charge in [-0.2, -0.15) is 0 Å². The van der Waals surface area contributed by atoms with Crippen LogP contribution in [0.15, 0.2) is 25.3 Å². The van der Waals surface area contributed by atoms with E-state index in [0.717, 1.165) is 6.08 Å². The molecule has 0 unspecified atom stereocenters. The summed E-state index contributed by atoms with van der Waals surface area (Å²) < 4.78 is 9.34. The molecule has 0 amide bonds. The molecule has 0 fully saturated rings. The zero-order valence-corrected chi connectivity index (χ0v) is 11.1. The summed E-state index contributed by atoms with van der Waals surface area (Å²) in [5.74, 6) is -0.308. The maximum Gasteiger partial charge on any atom is 0.330 e. The molecule has 0 aromatic heterocycles. The van der Waals surface area contributed by atoms with Gasteiger partial charge in [-0.15, -0.1) is 0 Å². The van der Waals surface area contributed by atoms with E-state index in [-0.39, 0.29) is 18.0 Å². The fourth-order valence-corrected chi connectivity index (χ4v) is 0.588. The van der Waals surface area contributed by atoms with Gasteiger partial charge in [0.05, 0.1) is 12.7 Å². The summed E-state index contributed by atoms with van der Waals surface area (Å²) in [4.78, 5) is 20.7. The first kappa shape index (κ1) is 17.8. The molecule has 17 heavy (non-hydrogen) atoms. The van der Waals surface area contributed by atoms with Crippen LogP contribution >= 0.6 is 0 Å². The zero-order chi connectivity index (χ0) is 13.8. The minimum absolute atomic E-state index is 0.0412. The van der Waals surface area contributed by atoms with E-state index >= 15 is 0 Å². The van der Waals surface area contributed by atoms with E-state index < -0.39 is 0 Å². The second-order valence-corrected chi connectivity index (χ2v) is 3.92. The van der Waals surface area contributed by atoms with E-state index in [1.807, 2.05) is 13.8 Å². The van der Waals surface area contributed by atoms with Crippen molar-refractivity contribution in [2.75, 3.05) is 6.61 Å². The SMILES string of the molecule is C=CC(=O)OC(C)C.C=CC(=O)OCC(C)C. The van der Waals surface area contributed by atoms with Gasteiger partial charge in [0.15, 0.2) is 0 Å². The highest BCUT2D eigenvalue weighted by Crippen LogP contribution is 1.92. The average Bonchev–Trinajstić information content (AvgIpc) is 2.25. The van der Waals surface area contributed by atoms with Crippen molar-refractivity contribution in [1.82, 2.24) is 0 Å². The quantitative estimate of drug-likeness (QED) is 0.549. The molecule has 98 valence electrons. The normalized spacial score (nSPS) is 9.06. The van der Waals surface area contributed by atoms with Gasteiger partial charge in [0.2, 0.25) is 0 Å². The second-order valence-electron chi connectivity index (χ2n) is 3.92. The fraction of sp³-hybridized carbons (Fsp3) is 0.538. The summed E-state index contributed by atoms with van der Waals surface area (Å²) in [5, 5.41) is 0. The maximum atomic E-state index is 10.4. The summed E-state index contributed by atoms with van der Waals surface area (Å²) in [7, 11) is 0. The Morgan fingerprint density at radius 2 is 1.53 bits per heavy atom. The number of carbonyl (C=O) groups is 2. The molecule has 0 radical (unpaired) electrons. The molecule has 0 N–H and O–H groups in total. The van der Waals surface area contributed by atoms with E-state index in [9.17, 15) is 9.59 Å². The summed E-state index contributed by atoms with van der Waals surface area (Å²) in [5.41, 5.74) is 0. The molecule has 0 aromatic carbocycles. The monoisotopic (exact) mass is 242 g/mol. The molecule has 0 aliphatic heterocycles. The molecular formula is C13H22O4. The minimum atomic E-state index is -0.361. The molecule has 0 aliphatic carbocycles. The smallest absolute Gasteiger partial charge is 0.330 e. The summed E-state index contributed by atoms with van der Waals surface area (Å²) in [6.07, 6.45) is 2.28. The predicted octanol–water partition coefficient (Wildman–Crippen LogP) is 2.50. The van der Waals surface area contributed by atoms with E-state index in [1.54, 1.807) is 13.8 Å². The number of hydrogen-bond acceptors (Lipinski definition) is 4. The molecule has 4 nitrogen and oxygen atoms in total. The van der Waals surface area contributed by atoms with Crippen LogP contribution in [0.2, 0.25) is 0 Å². The number of hydrogen-bond donors (Lipinski definition) is 0. The number of carbonyl (C=O) groups excluding carboxylic acids is 2. The lowest BCUT2D eigenvalue weighted by atomic mass is 10.2. The van der Waals surface area contributed by atoms with Gasteiger partial charge in [0.25, 0.3) is 0 Å². The highest BCUT2D eigenvalue weighted by Gasteiger charge is 1.97. The number of ether oxygens (including phenoxy) is 2. The van der Waals surface area contributed by atoms with Crippen molar-refractivity contribution in [1.29, 1.82) is 0 Å². The Kier molecular flexibility index (Phi) is 11.4. The Bertz CT molecular complexity index is 254. The van der Waals surface area contributed by atoms with Crippen molar-refractivity contribution >= 4 is 11.9 Å². The van der Waals surface area contributed by atoms with Crippen LogP contribution in [-0.4, -0.2) is 24.6 Å². The van der Waals surface area contributed by atoms with Crippen molar-refractivity contribution in [3.63, 3.8) is 0 Å². The molecule has 0 bridgehead atoms. The Labute approximate surface area is 103 Å². The van der Waals surface area contributed by atoms with Gasteiger partial charge in [-0.1, -0.05) is 27.0 Å². The Balaban J connectivity index is 0. The first-order valence-electron chi connectivity index (χ1n) is 5.45. The zero-order valence-electron chi connectivity index (χ0n) is 11.1. The highest BCUT2D eigenvalue weighted by atomic mass is 16.5. The van der Waals surface area contributed by atoms with E-state index in [1.165, 1.54) is 6.08 Å². The van der Waals surface area contributed by atoms with Crippen molar-refractivity contribution < 1.29 is 19.1 Å². The third kappa shape index (κ3) is 17.1. The summed E-state index contributed by atoms with van der Waals surface area (Å²) in [6, 6.07) is 0. The minimum Gasteiger partial charge on any atom is -0.462 e. The maximum absolute atomic E-state index is 10.4. The summed E-state index contributed by atoms with van der Waals surface area (Å²) >= 11 is 0. The second kappa shape index (κ2) is 10.9. The molecule has 0 spiro atoms. The van der Waals surface area contributed by atoms with Gasteiger partial charge in [-0.25, -0.2) is 9.59 Å². The molecular weight excluding hydrogens is 220 g/mol. The van der Waals surface area contributed by atoms with Crippen LogP contribution in [0, 0.1) is 5.92 Å². The van der Waals surface area contributed by atoms with Crippen LogP contribution in [-0.2, 0) is 19.1 Å². The third-order valence-corrected chi connectivity index (χ3v) is 1.24. The lowest BCUT2D eigenvalue weighted by Crippen LogP contribution is -2.07. The van der Waals surface area contributed by atoms with Gasteiger partial charge in [0.1, 0.15) is 0 Å². The van der Waals surface area contributed by atoms with Crippen LogP contribution in [0.1, 0.15) is 27.7 Å². The average molecular weight is 242 g/mol. The van der Waals surface area contributed by atoms with Gasteiger partial charge < -0.3 is 9.47 Å². The van der Waals surface area contributed by atoms with E-state index in [0.29, 0.717) is 12.5 Å². The standard InChI is InChI=1S/C7H12O2.C6H10O2/c1-4-7(8)9-5-6(2)3;1-4-6(7)8-5(2)3/h4,6H,1,5H2,2-3H3;4-5H,1H2,2-3H3. The molecule has 0 saturated heterocycles. The predicted molar refractivity (Wildman–Crippen MR) is 67.4 cm³/mol. The number of rotatable bonds is 5. The number of esters is 2. The largest absolute Gasteiger partial charge is 0.462 e. The van der Waals surface area contributed by atoms with Gasteiger partial charge in [0, 0.05) is 12.2 Å². The van der Waals surface area contributed by atoms with Crippen molar-refractivity contribution in [3.8, 4) is 0 Å². The van der Waals surface area contributed by atoms with E-state index in [4.69, 9.17) is 4.74 Å². The van der Waals surface area contributed by atoms with Crippen LogP contribution in [0.4, 0.5) is 0 Å². The fourth-order valence-electron chi connectivity index (χ4n) is 0.588. The Morgan fingerprint density at radius 1 is 1.06 bits per heavy atom. The molecule has 0 saturated carbocycles. The Morgan fingerprint density at radius 3 is 1.76 bits per heavy atom. The molecule has 0 rings (SSSR count). The van der Waals surface area contributed by atoms with Gasteiger partial charge in [-0.05, 0) is 19.8 Å². The van der Waals surface area contributed by atoms with Crippen LogP contribution in [0.5, 0.6) is 0 Å². The molecule has 0 atom stereocenters. The van der Waals surface area contributed by atoms with Gasteiger partial charge >= 0.3 is 11.9 Å². The van der Waals surface area contributed by atoms with E-state index in [2.05, 4.69) is 17.9 Å². The molecule has 4 heteroatoms. The van der Waals surface area contributed by atoms with Crippen LogP contribution in [0.3, 0.4) is 0 Å². The van der Waals surface area contributed by atoms with Crippen molar-refractivity contribution in [2.45, 2.75) is 33.8 Å².